The summed E-state index contributed by atoms with van der Waals surface area (Å²) in [7, 11) is 0. The van der Waals surface area contributed by atoms with Crippen molar-refractivity contribution >= 4 is 0 Å². The van der Waals surface area contributed by atoms with E-state index in [1.54, 1.807) is 10.7 Å². The molecule has 0 aliphatic carbocycles. The number of rotatable bonds is 6. The van der Waals surface area contributed by atoms with Crippen molar-refractivity contribution in [2.45, 2.75) is 39.8 Å². The molecule has 2 heterocycles. The summed E-state index contributed by atoms with van der Waals surface area (Å²) in [6, 6.07) is 10.6. The van der Waals surface area contributed by atoms with Crippen molar-refractivity contribution in [3.63, 3.8) is 0 Å². The topological polar surface area (TPSA) is 43.0 Å². The molecule has 0 saturated carbocycles. The second-order valence-electron chi connectivity index (χ2n) is 5.90. The minimum atomic E-state index is -0.264. The van der Waals surface area contributed by atoms with Crippen LogP contribution >= 0.6 is 0 Å². The molecule has 4 nitrogen and oxygen atoms in total. The largest absolute Gasteiger partial charge is 0.465 e. The van der Waals surface area contributed by atoms with Gasteiger partial charge >= 0.3 is 0 Å². The van der Waals surface area contributed by atoms with Crippen molar-refractivity contribution in [2.24, 2.45) is 0 Å². The molecular formula is C19H22FN3O. The van der Waals surface area contributed by atoms with Gasteiger partial charge in [0.1, 0.15) is 17.3 Å². The predicted octanol–water partition coefficient (Wildman–Crippen LogP) is 4.33. The lowest BCUT2D eigenvalue weighted by atomic mass is 10.1. The average molecular weight is 327 g/mol. The highest BCUT2D eigenvalue weighted by atomic mass is 19.1. The van der Waals surface area contributed by atoms with E-state index in [1.807, 2.05) is 31.3 Å². The first-order valence-electron chi connectivity index (χ1n) is 8.20. The van der Waals surface area contributed by atoms with E-state index in [1.165, 1.54) is 12.1 Å². The highest BCUT2D eigenvalue weighted by Crippen LogP contribution is 2.21. The van der Waals surface area contributed by atoms with E-state index in [2.05, 4.69) is 24.3 Å². The molecule has 0 fully saturated rings. The van der Waals surface area contributed by atoms with E-state index >= 15 is 0 Å². The number of hydrogen-bond acceptors (Lipinski definition) is 3. The van der Waals surface area contributed by atoms with Crippen LogP contribution in [0, 0.1) is 12.7 Å². The zero-order valence-corrected chi connectivity index (χ0v) is 14.2. The molecule has 0 saturated heterocycles. The van der Waals surface area contributed by atoms with E-state index in [9.17, 15) is 4.39 Å². The fraction of sp³-hybridized carbons (Fsp3) is 0.316. The van der Waals surface area contributed by atoms with Crippen LogP contribution in [0.3, 0.4) is 0 Å². The number of aryl methyl sites for hydroxylation is 1. The molecule has 1 N–H and O–H groups in total. The Balaban J connectivity index is 1.72. The van der Waals surface area contributed by atoms with Gasteiger partial charge in [-0.15, -0.1) is 0 Å². The van der Waals surface area contributed by atoms with Crippen molar-refractivity contribution in [2.75, 3.05) is 0 Å². The van der Waals surface area contributed by atoms with E-state index in [-0.39, 0.29) is 11.9 Å². The third kappa shape index (κ3) is 3.41. The molecular weight excluding hydrogens is 305 g/mol. The second-order valence-corrected chi connectivity index (χ2v) is 5.90. The van der Waals surface area contributed by atoms with Crippen molar-refractivity contribution in [1.29, 1.82) is 0 Å². The SMILES string of the molecule is CCc1ccc(CNC(C)c2cnn(-c3cccc(F)c3)c2C)o1. The normalized spacial score (nSPS) is 12.5. The second kappa shape index (κ2) is 7.01. The van der Waals surface area contributed by atoms with Crippen LogP contribution in [0.25, 0.3) is 5.69 Å². The molecule has 0 spiro atoms. The molecule has 126 valence electrons. The Morgan fingerprint density at radius 3 is 2.75 bits per heavy atom. The molecule has 1 unspecified atom stereocenters. The third-order valence-electron chi connectivity index (χ3n) is 4.22. The monoisotopic (exact) mass is 327 g/mol. The first-order chi connectivity index (χ1) is 11.6. The highest BCUT2D eigenvalue weighted by Gasteiger charge is 2.15. The van der Waals surface area contributed by atoms with Crippen LogP contribution in [0.5, 0.6) is 0 Å². The van der Waals surface area contributed by atoms with Crippen LogP contribution in [0.15, 0.2) is 47.0 Å². The molecule has 3 rings (SSSR count). The van der Waals surface area contributed by atoms with Crippen LogP contribution in [0.1, 0.15) is 42.7 Å². The van der Waals surface area contributed by atoms with E-state index in [0.29, 0.717) is 6.54 Å². The smallest absolute Gasteiger partial charge is 0.125 e. The van der Waals surface area contributed by atoms with Gasteiger partial charge in [-0.1, -0.05) is 13.0 Å². The van der Waals surface area contributed by atoms with Crippen molar-refractivity contribution in [1.82, 2.24) is 15.1 Å². The Hall–Kier alpha value is -2.40. The maximum Gasteiger partial charge on any atom is 0.125 e. The van der Waals surface area contributed by atoms with Gasteiger partial charge in [-0.05, 0) is 44.2 Å². The van der Waals surface area contributed by atoms with Gasteiger partial charge in [0.25, 0.3) is 0 Å². The predicted molar refractivity (Wildman–Crippen MR) is 91.6 cm³/mol. The number of halogens is 1. The number of hydrogen-bond donors (Lipinski definition) is 1. The Kier molecular flexibility index (Phi) is 4.81. The molecule has 3 aromatic rings. The van der Waals surface area contributed by atoms with Gasteiger partial charge in [0.05, 0.1) is 18.4 Å². The van der Waals surface area contributed by atoms with E-state index in [0.717, 1.165) is 34.9 Å². The van der Waals surface area contributed by atoms with Gasteiger partial charge in [-0.25, -0.2) is 9.07 Å². The Morgan fingerprint density at radius 2 is 2.04 bits per heavy atom. The van der Waals surface area contributed by atoms with E-state index < -0.39 is 0 Å². The molecule has 0 radical (unpaired) electrons. The van der Waals surface area contributed by atoms with Crippen molar-refractivity contribution in [3.05, 3.63) is 71.2 Å². The molecule has 5 heteroatoms. The zero-order chi connectivity index (χ0) is 17.1. The van der Waals surface area contributed by atoms with Crippen molar-refractivity contribution in [3.8, 4) is 5.69 Å². The number of furan rings is 1. The summed E-state index contributed by atoms with van der Waals surface area (Å²) in [5.41, 5.74) is 2.81. The summed E-state index contributed by atoms with van der Waals surface area (Å²) in [5, 5.41) is 7.86. The minimum absolute atomic E-state index is 0.113. The molecule has 1 aromatic carbocycles. The fourth-order valence-electron chi connectivity index (χ4n) is 2.79. The average Bonchev–Trinajstić information content (AvgIpc) is 3.19. The summed E-state index contributed by atoms with van der Waals surface area (Å²) in [6.45, 7) is 6.81. The van der Waals surface area contributed by atoms with Crippen molar-refractivity contribution < 1.29 is 8.81 Å². The zero-order valence-electron chi connectivity index (χ0n) is 14.2. The number of nitrogens with zero attached hydrogens (tertiary/aromatic N) is 2. The maximum atomic E-state index is 13.4. The Bertz CT molecular complexity index is 822. The van der Waals surface area contributed by atoms with Gasteiger partial charge in [0, 0.05) is 23.7 Å². The Labute approximate surface area is 141 Å². The van der Waals surface area contributed by atoms with Crippen LogP contribution in [0.2, 0.25) is 0 Å². The van der Waals surface area contributed by atoms with Gasteiger partial charge in [-0.2, -0.15) is 5.10 Å². The lowest BCUT2D eigenvalue weighted by Gasteiger charge is -2.13. The van der Waals surface area contributed by atoms with Crippen LogP contribution in [0.4, 0.5) is 4.39 Å². The summed E-state index contributed by atoms with van der Waals surface area (Å²) in [6.07, 6.45) is 2.73. The van der Waals surface area contributed by atoms with Crippen LogP contribution in [-0.4, -0.2) is 9.78 Å². The molecule has 24 heavy (non-hydrogen) atoms. The summed E-state index contributed by atoms with van der Waals surface area (Å²) < 4.78 is 20.9. The highest BCUT2D eigenvalue weighted by molar-refractivity contribution is 5.35. The third-order valence-corrected chi connectivity index (χ3v) is 4.22. The molecule has 0 amide bonds. The van der Waals surface area contributed by atoms with Crippen LogP contribution < -0.4 is 5.32 Å². The molecule has 2 aromatic heterocycles. The van der Waals surface area contributed by atoms with Gasteiger partial charge in [0.2, 0.25) is 0 Å². The lowest BCUT2D eigenvalue weighted by Crippen LogP contribution is -2.18. The molecule has 1 atom stereocenters. The fourth-order valence-corrected chi connectivity index (χ4v) is 2.79. The number of benzene rings is 1. The Morgan fingerprint density at radius 1 is 1.25 bits per heavy atom. The summed E-state index contributed by atoms with van der Waals surface area (Å²) in [5.74, 6) is 1.66. The van der Waals surface area contributed by atoms with Gasteiger partial charge < -0.3 is 9.73 Å². The number of aromatic nitrogens is 2. The molecule has 0 aliphatic rings. The summed E-state index contributed by atoms with van der Waals surface area (Å²) in [4.78, 5) is 0. The van der Waals surface area contributed by atoms with Crippen LogP contribution in [-0.2, 0) is 13.0 Å². The summed E-state index contributed by atoms with van der Waals surface area (Å²) >= 11 is 0. The van der Waals surface area contributed by atoms with Gasteiger partial charge in [-0.3, -0.25) is 0 Å². The standard InChI is InChI=1S/C19H22FN3O/c1-4-17-8-9-18(24-17)11-21-13(2)19-12-22-23(14(19)3)16-7-5-6-15(20)10-16/h5-10,12-13,21H,4,11H2,1-3H3. The first-order valence-corrected chi connectivity index (χ1v) is 8.20. The first kappa shape index (κ1) is 16.5. The number of nitrogens with one attached hydrogen (secondary N) is 1. The lowest BCUT2D eigenvalue weighted by molar-refractivity contribution is 0.435. The quantitative estimate of drug-likeness (QED) is 0.733. The maximum absolute atomic E-state index is 13.4. The van der Waals surface area contributed by atoms with Gasteiger partial charge in [0.15, 0.2) is 0 Å². The van der Waals surface area contributed by atoms with E-state index in [4.69, 9.17) is 4.42 Å². The molecule has 0 bridgehead atoms. The minimum Gasteiger partial charge on any atom is -0.465 e. The molecule has 0 aliphatic heterocycles.